The van der Waals surface area contributed by atoms with Gasteiger partial charge in [0.05, 0.1) is 15.2 Å². The molecule has 1 aromatic heterocycles. The normalized spacial score (nSPS) is 12.4. The number of benzene rings is 2. The molecule has 0 saturated carbocycles. The smallest absolute Gasteiger partial charge is 0.258 e. The van der Waals surface area contributed by atoms with Gasteiger partial charge in [-0.1, -0.05) is 23.5 Å². The Morgan fingerprint density at radius 1 is 1.12 bits per heavy atom. The molecule has 0 aliphatic carbocycles. The van der Waals surface area contributed by atoms with Crippen molar-refractivity contribution in [3.63, 3.8) is 0 Å². The minimum atomic E-state index is -4.80. The Morgan fingerprint density at radius 3 is 2.44 bits per heavy atom. The van der Waals surface area contributed by atoms with E-state index >= 15 is 0 Å². The Kier molecular flexibility index (Phi) is 3.95. The molecule has 0 unspecified atom stereocenters. The fourth-order valence-electron chi connectivity index (χ4n) is 2.10. The second-order valence-electron chi connectivity index (χ2n) is 4.79. The summed E-state index contributed by atoms with van der Waals surface area (Å²) in [6.45, 7) is 0. The van der Waals surface area contributed by atoms with Gasteiger partial charge in [-0.25, -0.2) is 8.42 Å². The highest BCUT2D eigenvalue weighted by Gasteiger charge is 2.37. The summed E-state index contributed by atoms with van der Waals surface area (Å²) in [6.07, 6.45) is -4.80. The SMILES string of the molecule is O=[N+]([O-])c1cccc2cc(S(=O)(=O)c3nnc(C(F)(F)F)s3)ccc12. The molecule has 3 rings (SSSR count). The fourth-order valence-corrected chi connectivity index (χ4v) is 4.39. The van der Waals surface area contributed by atoms with Crippen molar-refractivity contribution >= 4 is 37.6 Å². The summed E-state index contributed by atoms with van der Waals surface area (Å²) in [5.74, 6) is 0. The van der Waals surface area contributed by atoms with Gasteiger partial charge in [-0.15, -0.1) is 10.2 Å². The van der Waals surface area contributed by atoms with Crippen molar-refractivity contribution in [1.82, 2.24) is 10.2 Å². The topological polar surface area (TPSA) is 103 Å². The molecule has 0 amide bonds. The third-order valence-electron chi connectivity index (χ3n) is 3.21. The Hall–Kier alpha value is -2.60. The number of sulfone groups is 1. The highest BCUT2D eigenvalue weighted by atomic mass is 32.2. The van der Waals surface area contributed by atoms with Gasteiger partial charge in [0, 0.05) is 6.07 Å². The van der Waals surface area contributed by atoms with Crippen LogP contribution in [-0.4, -0.2) is 23.5 Å². The first-order valence-electron chi connectivity index (χ1n) is 6.43. The van der Waals surface area contributed by atoms with E-state index in [-0.39, 0.29) is 32.7 Å². The van der Waals surface area contributed by atoms with E-state index in [9.17, 15) is 31.7 Å². The van der Waals surface area contributed by atoms with Gasteiger partial charge in [0.1, 0.15) is 0 Å². The molecule has 7 nitrogen and oxygen atoms in total. The lowest BCUT2D eigenvalue weighted by atomic mass is 10.1. The molecule has 0 bridgehead atoms. The van der Waals surface area contributed by atoms with Crippen LogP contribution >= 0.6 is 11.3 Å². The van der Waals surface area contributed by atoms with Gasteiger partial charge in [0.15, 0.2) is 0 Å². The average molecular weight is 389 g/mol. The van der Waals surface area contributed by atoms with Crippen LogP contribution in [0.15, 0.2) is 45.6 Å². The standard InChI is InChI=1S/C13H6F3N3O4S2/c14-13(15,16)11-17-18-12(24-11)25(22,23)8-4-5-9-7(6-8)2-1-3-10(9)19(20)21/h1-6H. The van der Waals surface area contributed by atoms with Gasteiger partial charge in [-0.05, 0) is 23.6 Å². The van der Waals surface area contributed by atoms with Crippen molar-refractivity contribution in [1.29, 1.82) is 0 Å². The Labute approximate surface area is 141 Å². The molecule has 0 aliphatic rings. The minimum absolute atomic E-state index is 0.0884. The van der Waals surface area contributed by atoms with Crippen LogP contribution in [0.3, 0.4) is 0 Å². The third kappa shape index (κ3) is 3.05. The minimum Gasteiger partial charge on any atom is -0.258 e. The van der Waals surface area contributed by atoms with E-state index in [2.05, 4.69) is 10.2 Å². The molecule has 0 radical (unpaired) electrons. The molecule has 1 heterocycles. The summed E-state index contributed by atoms with van der Waals surface area (Å²) < 4.78 is 61.8. The van der Waals surface area contributed by atoms with Crippen molar-refractivity contribution in [3.8, 4) is 0 Å². The molecule has 25 heavy (non-hydrogen) atoms. The van der Waals surface area contributed by atoms with Crippen LogP contribution in [0.25, 0.3) is 10.8 Å². The molecular formula is C13H6F3N3O4S2. The summed E-state index contributed by atoms with van der Waals surface area (Å²) in [5.41, 5.74) is -0.211. The molecule has 130 valence electrons. The zero-order valence-electron chi connectivity index (χ0n) is 11.9. The Bertz CT molecular complexity index is 1090. The fraction of sp³-hybridized carbons (Fsp3) is 0.0769. The van der Waals surface area contributed by atoms with Crippen molar-refractivity contribution in [2.45, 2.75) is 15.4 Å². The molecule has 0 N–H and O–H groups in total. The average Bonchev–Trinajstić information content (AvgIpc) is 3.04. The number of aromatic nitrogens is 2. The second-order valence-corrected chi connectivity index (χ2v) is 7.89. The number of halogens is 3. The zero-order valence-corrected chi connectivity index (χ0v) is 13.5. The summed E-state index contributed by atoms with van der Waals surface area (Å²) in [7, 11) is -4.33. The van der Waals surface area contributed by atoms with Crippen LogP contribution in [-0.2, 0) is 16.0 Å². The summed E-state index contributed by atoms with van der Waals surface area (Å²) in [5, 5.41) is 16.0. The predicted octanol–water partition coefficient (Wildman–Crippen LogP) is 3.45. The summed E-state index contributed by atoms with van der Waals surface area (Å²) in [6, 6.07) is 7.56. The number of nitro benzene ring substituents is 1. The number of alkyl halides is 3. The van der Waals surface area contributed by atoms with E-state index in [1.165, 1.54) is 24.3 Å². The molecule has 12 heteroatoms. The summed E-state index contributed by atoms with van der Waals surface area (Å²) in [4.78, 5) is 10.0. The first-order valence-corrected chi connectivity index (χ1v) is 8.73. The largest absolute Gasteiger partial charge is 0.445 e. The van der Waals surface area contributed by atoms with Gasteiger partial charge in [-0.2, -0.15) is 13.2 Å². The van der Waals surface area contributed by atoms with Gasteiger partial charge in [0.25, 0.3) is 5.69 Å². The van der Waals surface area contributed by atoms with Crippen LogP contribution < -0.4 is 0 Å². The van der Waals surface area contributed by atoms with Crippen LogP contribution in [0.2, 0.25) is 0 Å². The lowest BCUT2D eigenvalue weighted by Gasteiger charge is -2.04. The lowest BCUT2D eigenvalue weighted by Crippen LogP contribution is -2.03. The van der Waals surface area contributed by atoms with Crippen LogP contribution in [0.5, 0.6) is 0 Å². The van der Waals surface area contributed by atoms with E-state index < -0.39 is 30.3 Å². The maximum absolute atomic E-state index is 12.6. The number of hydrogen-bond acceptors (Lipinski definition) is 7. The molecule has 0 fully saturated rings. The Balaban J connectivity index is 2.12. The predicted molar refractivity (Wildman–Crippen MR) is 81.0 cm³/mol. The second kappa shape index (κ2) is 5.74. The van der Waals surface area contributed by atoms with Crippen molar-refractivity contribution < 1.29 is 26.5 Å². The monoisotopic (exact) mass is 389 g/mol. The van der Waals surface area contributed by atoms with Gasteiger partial charge in [-0.3, -0.25) is 10.1 Å². The van der Waals surface area contributed by atoms with Gasteiger partial charge >= 0.3 is 6.18 Å². The molecule has 2 aromatic carbocycles. The van der Waals surface area contributed by atoms with E-state index in [4.69, 9.17) is 0 Å². The maximum atomic E-state index is 12.6. The number of rotatable bonds is 3. The first kappa shape index (κ1) is 17.2. The van der Waals surface area contributed by atoms with E-state index in [0.717, 1.165) is 12.1 Å². The van der Waals surface area contributed by atoms with Crippen molar-refractivity contribution in [2.75, 3.05) is 0 Å². The molecule has 0 aliphatic heterocycles. The molecule has 0 spiro atoms. The number of non-ortho nitro benzene ring substituents is 1. The number of nitrogens with zero attached hydrogens (tertiary/aromatic N) is 3. The molecule has 0 atom stereocenters. The highest BCUT2D eigenvalue weighted by Crippen LogP contribution is 2.35. The van der Waals surface area contributed by atoms with E-state index in [1.54, 1.807) is 0 Å². The van der Waals surface area contributed by atoms with Gasteiger partial charge in [0.2, 0.25) is 19.2 Å². The summed E-state index contributed by atoms with van der Waals surface area (Å²) >= 11 is -0.0884. The maximum Gasteiger partial charge on any atom is 0.445 e. The number of hydrogen-bond donors (Lipinski definition) is 0. The van der Waals surface area contributed by atoms with Crippen LogP contribution in [0.1, 0.15) is 5.01 Å². The molecular weight excluding hydrogens is 383 g/mol. The van der Waals surface area contributed by atoms with Crippen LogP contribution in [0.4, 0.5) is 18.9 Å². The third-order valence-corrected chi connectivity index (χ3v) is 6.30. The van der Waals surface area contributed by atoms with Crippen molar-refractivity contribution in [3.05, 3.63) is 51.5 Å². The zero-order chi connectivity index (χ0) is 18.4. The van der Waals surface area contributed by atoms with E-state index in [0.29, 0.717) is 0 Å². The van der Waals surface area contributed by atoms with Crippen LogP contribution in [0, 0.1) is 10.1 Å². The quantitative estimate of drug-likeness (QED) is 0.502. The molecule has 3 aromatic rings. The van der Waals surface area contributed by atoms with E-state index in [1.807, 2.05) is 0 Å². The number of fused-ring (bicyclic) bond motifs is 1. The van der Waals surface area contributed by atoms with Gasteiger partial charge < -0.3 is 0 Å². The lowest BCUT2D eigenvalue weighted by molar-refractivity contribution is -0.383. The highest BCUT2D eigenvalue weighted by molar-refractivity contribution is 7.93. The van der Waals surface area contributed by atoms with Crippen molar-refractivity contribution in [2.24, 2.45) is 0 Å². The number of nitro groups is 1. The first-order chi connectivity index (χ1) is 11.6. The Morgan fingerprint density at radius 2 is 1.84 bits per heavy atom. The molecule has 0 saturated heterocycles.